The smallest absolute Gasteiger partial charge is 0.329 e. The molecule has 0 bridgehead atoms. The van der Waals surface area contributed by atoms with E-state index in [1.54, 1.807) is 55.4 Å². The molecule has 0 aliphatic carbocycles. The van der Waals surface area contributed by atoms with Gasteiger partial charge in [-0.25, -0.2) is 14.6 Å². The minimum Gasteiger partial charge on any atom is -0.460 e. The number of esters is 2. The third-order valence-corrected chi connectivity index (χ3v) is 6.49. The van der Waals surface area contributed by atoms with Gasteiger partial charge in [0.05, 0.1) is 13.0 Å². The second kappa shape index (κ2) is 16.7. The van der Waals surface area contributed by atoms with Crippen LogP contribution in [0, 0.1) is 5.92 Å². The number of anilines is 1. The molecular formula is C31H44N6O8S. The van der Waals surface area contributed by atoms with Gasteiger partial charge in [-0.1, -0.05) is 44.2 Å². The lowest BCUT2D eigenvalue weighted by Crippen LogP contribution is -2.55. The highest BCUT2D eigenvalue weighted by Gasteiger charge is 2.33. The van der Waals surface area contributed by atoms with Crippen molar-refractivity contribution in [2.75, 3.05) is 11.9 Å². The molecule has 2 atom stereocenters. The summed E-state index contributed by atoms with van der Waals surface area (Å²) < 4.78 is 10.7. The number of nitrogens with one attached hydrogen (secondary N) is 5. The molecule has 2 rings (SSSR count). The standard InChI is InChI=1S/C31H44N6O8S/c1-18(2)24(27(42)45-31(6,7)8)36-26(41)20(14-23(39)44-30(3,4)5)34-22(38)16-32-25(40)21-17-46-29(35-21)37-28(43)33-15-19-12-10-9-11-13-19/h9-13,17-18,20,24H,14-16H2,1-8H3,(H,32,40)(H,34,38)(H,36,41)(H2,33,35,37,43). The van der Waals surface area contributed by atoms with Gasteiger partial charge in [0.1, 0.15) is 29.0 Å². The van der Waals surface area contributed by atoms with E-state index >= 15 is 0 Å². The van der Waals surface area contributed by atoms with Crippen LogP contribution in [0.4, 0.5) is 9.93 Å². The first-order valence-electron chi connectivity index (χ1n) is 14.7. The maximum Gasteiger partial charge on any atom is 0.329 e. The number of thiazole rings is 1. The number of amides is 5. The molecule has 1 aromatic carbocycles. The van der Waals surface area contributed by atoms with Crippen molar-refractivity contribution < 1.29 is 38.2 Å². The van der Waals surface area contributed by atoms with Crippen molar-refractivity contribution in [1.29, 1.82) is 0 Å². The highest BCUT2D eigenvalue weighted by atomic mass is 32.1. The van der Waals surface area contributed by atoms with Crippen molar-refractivity contribution in [2.24, 2.45) is 5.92 Å². The molecule has 0 saturated carbocycles. The van der Waals surface area contributed by atoms with Gasteiger partial charge >= 0.3 is 18.0 Å². The van der Waals surface area contributed by atoms with Crippen LogP contribution in [0.5, 0.6) is 0 Å². The van der Waals surface area contributed by atoms with Gasteiger partial charge in [0.2, 0.25) is 11.8 Å². The number of benzene rings is 1. The zero-order valence-electron chi connectivity index (χ0n) is 27.4. The largest absolute Gasteiger partial charge is 0.460 e. The third-order valence-electron chi connectivity index (χ3n) is 5.73. The maximum absolute atomic E-state index is 13.3. The number of nitrogens with zero attached hydrogens (tertiary/aromatic N) is 1. The van der Waals surface area contributed by atoms with Crippen LogP contribution in [-0.4, -0.2) is 70.5 Å². The summed E-state index contributed by atoms with van der Waals surface area (Å²) in [4.78, 5) is 80.3. The number of hydrogen-bond acceptors (Lipinski definition) is 10. The zero-order valence-corrected chi connectivity index (χ0v) is 28.3. The fourth-order valence-electron chi connectivity index (χ4n) is 3.73. The Balaban J connectivity index is 2.01. The van der Waals surface area contributed by atoms with Crippen molar-refractivity contribution in [3.8, 4) is 0 Å². The Morgan fingerprint density at radius 2 is 1.50 bits per heavy atom. The first-order chi connectivity index (χ1) is 21.3. The summed E-state index contributed by atoms with van der Waals surface area (Å²) in [6.45, 7) is 13.2. The summed E-state index contributed by atoms with van der Waals surface area (Å²) in [7, 11) is 0. The van der Waals surface area contributed by atoms with Crippen LogP contribution in [0.2, 0.25) is 0 Å². The summed E-state index contributed by atoms with van der Waals surface area (Å²) in [5, 5.41) is 14.2. The van der Waals surface area contributed by atoms with Crippen molar-refractivity contribution >= 4 is 52.2 Å². The van der Waals surface area contributed by atoms with Crippen LogP contribution in [0.25, 0.3) is 0 Å². The molecule has 5 N–H and O–H groups in total. The van der Waals surface area contributed by atoms with Crippen LogP contribution >= 0.6 is 11.3 Å². The number of hydrogen-bond donors (Lipinski definition) is 5. The van der Waals surface area contributed by atoms with Gasteiger partial charge < -0.3 is 30.7 Å². The molecule has 0 saturated heterocycles. The Bertz CT molecular complexity index is 1380. The minimum atomic E-state index is -1.42. The minimum absolute atomic E-state index is 0.0451. The molecule has 2 unspecified atom stereocenters. The Hall–Kier alpha value is -4.53. The molecule has 46 heavy (non-hydrogen) atoms. The lowest BCUT2D eigenvalue weighted by atomic mass is 10.0. The van der Waals surface area contributed by atoms with Gasteiger partial charge in [-0.15, -0.1) is 11.3 Å². The van der Waals surface area contributed by atoms with E-state index in [1.165, 1.54) is 5.38 Å². The summed E-state index contributed by atoms with van der Waals surface area (Å²) in [5.41, 5.74) is -0.794. The highest BCUT2D eigenvalue weighted by Crippen LogP contribution is 2.16. The van der Waals surface area contributed by atoms with Gasteiger partial charge in [0, 0.05) is 11.9 Å². The van der Waals surface area contributed by atoms with E-state index in [1.807, 2.05) is 30.3 Å². The number of aromatic nitrogens is 1. The summed E-state index contributed by atoms with van der Waals surface area (Å²) in [6.07, 6.45) is -0.532. The molecule has 0 radical (unpaired) electrons. The van der Waals surface area contributed by atoms with Crippen LogP contribution in [0.3, 0.4) is 0 Å². The van der Waals surface area contributed by atoms with E-state index in [0.29, 0.717) is 6.54 Å². The van der Waals surface area contributed by atoms with Crippen molar-refractivity contribution in [1.82, 2.24) is 26.3 Å². The van der Waals surface area contributed by atoms with Crippen molar-refractivity contribution in [3.63, 3.8) is 0 Å². The molecular weight excluding hydrogens is 616 g/mol. The number of rotatable bonds is 13. The average molecular weight is 661 g/mol. The number of ether oxygens (including phenoxy) is 2. The highest BCUT2D eigenvalue weighted by molar-refractivity contribution is 7.14. The summed E-state index contributed by atoms with van der Waals surface area (Å²) in [6, 6.07) is 6.31. The molecule has 1 heterocycles. The molecule has 0 spiro atoms. The Morgan fingerprint density at radius 1 is 0.870 bits per heavy atom. The molecule has 0 aliphatic heterocycles. The molecule has 14 nitrogen and oxygen atoms in total. The average Bonchev–Trinajstić information content (AvgIpc) is 3.39. The molecule has 0 fully saturated rings. The summed E-state index contributed by atoms with van der Waals surface area (Å²) in [5.74, 6) is -4.10. The van der Waals surface area contributed by atoms with E-state index in [2.05, 4.69) is 31.6 Å². The Kier molecular flexibility index (Phi) is 13.7. The second-order valence-corrected chi connectivity index (χ2v) is 13.5. The van der Waals surface area contributed by atoms with Crippen LogP contribution in [0.15, 0.2) is 35.7 Å². The van der Waals surface area contributed by atoms with Gasteiger partial charge in [-0.3, -0.25) is 24.5 Å². The summed E-state index contributed by atoms with van der Waals surface area (Å²) >= 11 is 1.01. The SMILES string of the molecule is CC(C)C(NC(=O)C(CC(=O)OC(C)(C)C)NC(=O)CNC(=O)c1csc(NC(=O)NCc2ccccc2)n1)C(=O)OC(C)(C)C. The normalized spacial score (nSPS) is 12.7. The van der Waals surface area contributed by atoms with E-state index in [0.717, 1.165) is 16.9 Å². The fraction of sp³-hybridized carbons (Fsp3) is 0.516. The predicted octanol–water partition coefficient (Wildman–Crippen LogP) is 2.89. The quantitative estimate of drug-likeness (QED) is 0.201. The van der Waals surface area contributed by atoms with E-state index in [-0.39, 0.29) is 16.7 Å². The third kappa shape index (κ3) is 14.1. The predicted molar refractivity (Wildman–Crippen MR) is 172 cm³/mol. The zero-order chi connectivity index (χ0) is 34.7. The van der Waals surface area contributed by atoms with Crippen molar-refractivity contribution in [3.05, 3.63) is 47.0 Å². The first kappa shape index (κ1) is 37.7. The number of carbonyl (C=O) groups is 6. The van der Waals surface area contributed by atoms with Crippen LogP contribution in [-0.2, 0) is 35.2 Å². The topological polar surface area (TPSA) is 194 Å². The fourth-order valence-corrected chi connectivity index (χ4v) is 4.41. The molecule has 5 amide bonds. The first-order valence-corrected chi connectivity index (χ1v) is 15.6. The second-order valence-electron chi connectivity index (χ2n) is 12.7. The number of urea groups is 1. The van der Waals surface area contributed by atoms with Gasteiger partial charge in [-0.2, -0.15) is 0 Å². The monoisotopic (exact) mass is 660 g/mol. The van der Waals surface area contributed by atoms with E-state index in [4.69, 9.17) is 9.47 Å². The molecule has 15 heteroatoms. The van der Waals surface area contributed by atoms with Gasteiger partial charge in [0.25, 0.3) is 5.91 Å². The molecule has 252 valence electrons. The van der Waals surface area contributed by atoms with Crippen LogP contribution < -0.4 is 26.6 Å². The lowest BCUT2D eigenvalue weighted by Gasteiger charge is -2.28. The lowest BCUT2D eigenvalue weighted by molar-refractivity contribution is -0.160. The number of carbonyl (C=O) groups excluding carboxylic acids is 6. The molecule has 0 aliphatic rings. The van der Waals surface area contributed by atoms with Crippen molar-refractivity contribution in [2.45, 2.75) is 91.6 Å². The van der Waals surface area contributed by atoms with Crippen LogP contribution in [0.1, 0.15) is 77.9 Å². The van der Waals surface area contributed by atoms with Gasteiger partial charge in [-0.05, 0) is 53.0 Å². The maximum atomic E-state index is 13.3. The Labute approximate surface area is 272 Å². The van der Waals surface area contributed by atoms with Gasteiger partial charge in [0.15, 0.2) is 5.13 Å². The molecule has 2 aromatic rings. The van der Waals surface area contributed by atoms with E-state index in [9.17, 15) is 28.8 Å². The molecule has 1 aromatic heterocycles. The van der Waals surface area contributed by atoms with E-state index < -0.39 is 71.9 Å². The Morgan fingerprint density at radius 3 is 2.09 bits per heavy atom.